The monoisotopic (exact) mass is 461 g/mol. The molecular weight excluding hydrogens is 445 g/mol. The van der Waals surface area contributed by atoms with Crippen LogP contribution < -0.4 is 11.1 Å². The smallest absolute Gasteiger partial charge is 0.264 e. The van der Waals surface area contributed by atoms with Crippen molar-refractivity contribution in [2.24, 2.45) is 0 Å². The Bertz CT molecular complexity index is 1570. The molecule has 0 saturated heterocycles. The van der Waals surface area contributed by atoms with E-state index in [0.29, 0.717) is 44.1 Å². The van der Waals surface area contributed by atoms with Crippen molar-refractivity contribution in [3.05, 3.63) is 115 Å². The third-order valence-corrected chi connectivity index (χ3v) is 5.86. The van der Waals surface area contributed by atoms with Crippen LogP contribution in [-0.4, -0.2) is 14.1 Å². The lowest BCUT2D eigenvalue weighted by atomic mass is 10.1. The summed E-state index contributed by atoms with van der Waals surface area (Å²) in [5.41, 5.74) is 2.31. The van der Waals surface area contributed by atoms with Gasteiger partial charge < -0.3 is 4.57 Å². The fourth-order valence-corrected chi connectivity index (χ4v) is 4.33. The van der Waals surface area contributed by atoms with Gasteiger partial charge in [-0.1, -0.05) is 53.5 Å². The van der Waals surface area contributed by atoms with Gasteiger partial charge >= 0.3 is 0 Å². The van der Waals surface area contributed by atoms with E-state index in [2.05, 4.69) is 4.98 Å². The van der Waals surface area contributed by atoms with E-state index >= 15 is 0 Å². The molecule has 0 saturated carbocycles. The molecule has 0 unspecified atom stereocenters. The van der Waals surface area contributed by atoms with Crippen molar-refractivity contribution < 1.29 is 0 Å². The number of hydrogen-bond acceptors (Lipinski definition) is 3. The van der Waals surface area contributed by atoms with Crippen molar-refractivity contribution in [2.75, 3.05) is 0 Å². The molecule has 0 bridgehead atoms. The highest BCUT2D eigenvalue weighted by atomic mass is 35.5. The van der Waals surface area contributed by atoms with Crippen molar-refractivity contribution in [1.82, 2.24) is 14.1 Å². The second-order valence-corrected chi connectivity index (χ2v) is 8.40. The first-order chi connectivity index (χ1) is 15.5. The van der Waals surface area contributed by atoms with Crippen LogP contribution in [0.25, 0.3) is 27.5 Å². The highest BCUT2D eigenvalue weighted by Gasteiger charge is 2.11. The zero-order valence-electron chi connectivity index (χ0n) is 16.8. The average molecular weight is 462 g/mol. The molecule has 5 nitrogen and oxygen atoms in total. The van der Waals surface area contributed by atoms with Crippen LogP contribution in [-0.2, 0) is 13.0 Å². The third kappa shape index (κ3) is 3.81. The molecule has 3 heterocycles. The Morgan fingerprint density at radius 1 is 0.750 bits per heavy atom. The van der Waals surface area contributed by atoms with Crippen LogP contribution in [0.2, 0.25) is 10.0 Å². The number of hydrogen-bond donors (Lipinski definition) is 0. The summed E-state index contributed by atoms with van der Waals surface area (Å²) in [7, 11) is 0. The number of benzene rings is 2. The van der Waals surface area contributed by atoms with E-state index in [0.717, 1.165) is 12.0 Å². The quantitative estimate of drug-likeness (QED) is 0.343. The van der Waals surface area contributed by atoms with Crippen LogP contribution in [0.3, 0.4) is 0 Å². The van der Waals surface area contributed by atoms with Gasteiger partial charge in [-0.15, -0.1) is 0 Å². The molecule has 0 N–H and O–H groups in total. The molecule has 5 rings (SSSR count). The molecule has 5 aromatic rings. The van der Waals surface area contributed by atoms with Crippen LogP contribution in [0.4, 0.5) is 0 Å². The largest absolute Gasteiger partial charge is 0.315 e. The van der Waals surface area contributed by atoms with E-state index in [-0.39, 0.29) is 11.1 Å². The fourth-order valence-electron chi connectivity index (χ4n) is 3.82. The third-order valence-electron chi connectivity index (χ3n) is 5.43. The van der Waals surface area contributed by atoms with Gasteiger partial charge in [-0.25, -0.2) is 4.98 Å². The first-order valence-corrected chi connectivity index (χ1v) is 10.8. The van der Waals surface area contributed by atoms with E-state index < -0.39 is 0 Å². The van der Waals surface area contributed by atoms with Gasteiger partial charge in [0.1, 0.15) is 0 Å². The number of nitrogens with zero attached hydrogens (tertiary/aromatic N) is 3. The topological polar surface area (TPSA) is 56.9 Å². The van der Waals surface area contributed by atoms with Gasteiger partial charge in [-0.05, 0) is 48.4 Å². The summed E-state index contributed by atoms with van der Waals surface area (Å²) in [6, 6.07) is 20.1. The number of halogens is 2. The SMILES string of the molecule is O=c1c2cc3c(=O)n(-c4cc(Cl)cc(Cl)c4)ccc3nc2ccn1CCc1ccccc1. The van der Waals surface area contributed by atoms with Gasteiger partial charge in [0.15, 0.2) is 0 Å². The second kappa shape index (κ2) is 8.26. The molecule has 0 atom stereocenters. The van der Waals surface area contributed by atoms with Crippen molar-refractivity contribution in [3.63, 3.8) is 0 Å². The maximum atomic E-state index is 13.2. The van der Waals surface area contributed by atoms with Gasteiger partial charge in [0.25, 0.3) is 11.1 Å². The van der Waals surface area contributed by atoms with Crippen molar-refractivity contribution in [3.8, 4) is 5.69 Å². The summed E-state index contributed by atoms with van der Waals surface area (Å²) in [4.78, 5) is 30.9. The first-order valence-electron chi connectivity index (χ1n) is 10.1. The average Bonchev–Trinajstić information content (AvgIpc) is 2.78. The summed E-state index contributed by atoms with van der Waals surface area (Å²) >= 11 is 12.2. The predicted molar refractivity (Wildman–Crippen MR) is 129 cm³/mol. The second-order valence-electron chi connectivity index (χ2n) is 7.52. The molecule has 3 aromatic heterocycles. The fraction of sp³-hybridized carbons (Fsp3) is 0.0800. The predicted octanol–water partition coefficient (Wildman–Crippen LogP) is 5.25. The number of fused-ring (bicyclic) bond motifs is 2. The lowest BCUT2D eigenvalue weighted by Crippen LogP contribution is -2.22. The van der Waals surface area contributed by atoms with E-state index in [1.807, 2.05) is 36.4 Å². The Hall–Kier alpha value is -3.41. The summed E-state index contributed by atoms with van der Waals surface area (Å²) in [5.74, 6) is 0. The van der Waals surface area contributed by atoms with Crippen molar-refractivity contribution in [1.29, 1.82) is 0 Å². The van der Waals surface area contributed by atoms with Gasteiger partial charge in [0.05, 0.1) is 27.5 Å². The molecular formula is C25H17Cl2N3O2. The molecule has 32 heavy (non-hydrogen) atoms. The molecule has 0 aliphatic heterocycles. The summed E-state index contributed by atoms with van der Waals surface area (Å²) in [6.07, 6.45) is 4.11. The number of aryl methyl sites for hydroxylation is 2. The minimum Gasteiger partial charge on any atom is -0.315 e. The first kappa shape index (κ1) is 20.5. The number of rotatable bonds is 4. The van der Waals surface area contributed by atoms with E-state index in [9.17, 15) is 9.59 Å². The van der Waals surface area contributed by atoms with Crippen LogP contribution in [0, 0.1) is 0 Å². The standard InChI is InChI=1S/C25H17Cl2N3O2/c26-17-12-18(27)14-19(13-17)30-11-8-23-21(25(30)32)15-20-22(28-23)7-10-29(24(20)31)9-6-16-4-2-1-3-5-16/h1-5,7-8,10-15H,6,9H2. The number of aromatic nitrogens is 3. The van der Waals surface area contributed by atoms with Crippen LogP contribution in [0.1, 0.15) is 5.56 Å². The highest BCUT2D eigenvalue weighted by Crippen LogP contribution is 2.22. The molecule has 0 aliphatic rings. The maximum absolute atomic E-state index is 13.2. The molecule has 0 radical (unpaired) electrons. The molecule has 0 amide bonds. The van der Waals surface area contributed by atoms with Gasteiger partial charge in [0.2, 0.25) is 0 Å². The summed E-state index contributed by atoms with van der Waals surface area (Å²) in [6.45, 7) is 0.539. The van der Waals surface area contributed by atoms with E-state index in [1.165, 1.54) is 4.57 Å². The van der Waals surface area contributed by atoms with Gasteiger partial charge in [-0.2, -0.15) is 0 Å². The Morgan fingerprint density at radius 2 is 1.41 bits per heavy atom. The summed E-state index contributed by atoms with van der Waals surface area (Å²) < 4.78 is 3.10. The van der Waals surface area contributed by atoms with Gasteiger partial charge in [0, 0.05) is 29.0 Å². The zero-order valence-corrected chi connectivity index (χ0v) is 18.3. The lowest BCUT2D eigenvalue weighted by Gasteiger charge is -2.10. The normalized spacial score (nSPS) is 11.3. The summed E-state index contributed by atoms with van der Waals surface area (Å²) in [5, 5.41) is 1.62. The molecule has 2 aromatic carbocycles. The molecule has 0 fully saturated rings. The Labute approximate surface area is 193 Å². The minimum absolute atomic E-state index is 0.173. The lowest BCUT2D eigenvalue weighted by molar-refractivity contribution is 0.675. The number of pyridine rings is 3. The van der Waals surface area contributed by atoms with Crippen molar-refractivity contribution in [2.45, 2.75) is 13.0 Å². The molecule has 7 heteroatoms. The van der Waals surface area contributed by atoms with E-state index in [4.69, 9.17) is 23.2 Å². The minimum atomic E-state index is -0.297. The molecule has 158 valence electrons. The van der Waals surface area contributed by atoms with Crippen LogP contribution in [0.5, 0.6) is 0 Å². The molecule has 0 spiro atoms. The Morgan fingerprint density at radius 3 is 2.12 bits per heavy atom. The van der Waals surface area contributed by atoms with E-state index in [1.54, 1.807) is 47.3 Å². The maximum Gasteiger partial charge on any atom is 0.264 e. The zero-order chi connectivity index (χ0) is 22.2. The van der Waals surface area contributed by atoms with Gasteiger partial charge in [-0.3, -0.25) is 14.2 Å². The van der Waals surface area contributed by atoms with Crippen molar-refractivity contribution >= 4 is 45.0 Å². The Kier molecular flexibility index (Phi) is 5.29. The highest BCUT2D eigenvalue weighted by molar-refractivity contribution is 6.34. The van der Waals surface area contributed by atoms with Crippen LogP contribution in [0.15, 0.2) is 88.7 Å². The molecule has 0 aliphatic carbocycles. The van der Waals surface area contributed by atoms with Crippen LogP contribution >= 0.6 is 23.2 Å². The Balaban J connectivity index is 1.62.